The van der Waals surface area contributed by atoms with Gasteiger partial charge in [0.15, 0.2) is 0 Å². The van der Waals surface area contributed by atoms with Crippen molar-refractivity contribution in [2.45, 2.75) is 31.5 Å². The number of nitrogens with zero attached hydrogens (tertiary/aromatic N) is 1. The van der Waals surface area contributed by atoms with Gasteiger partial charge < -0.3 is 11.1 Å². The van der Waals surface area contributed by atoms with E-state index in [1.807, 2.05) is 0 Å². The Labute approximate surface area is 103 Å². The number of nitrogens with one attached hydrogen (secondary N) is 1. The van der Waals surface area contributed by atoms with Crippen LogP contribution in [0.15, 0.2) is 24.3 Å². The summed E-state index contributed by atoms with van der Waals surface area (Å²) in [5, 5.41) is 3.49. The van der Waals surface area contributed by atoms with Crippen molar-refractivity contribution < 1.29 is 0 Å². The lowest BCUT2D eigenvalue weighted by atomic mass is 9.93. The molecule has 2 unspecified atom stereocenters. The monoisotopic (exact) mass is 231 g/mol. The first-order chi connectivity index (χ1) is 8.34. The zero-order valence-electron chi connectivity index (χ0n) is 10.2. The lowest BCUT2D eigenvalue weighted by molar-refractivity contribution is 0.138. The minimum atomic E-state index is 0.182. The van der Waals surface area contributed by atoms with Gasteiger partial charge in [0.25, 0.3) is 0 Å². The summed E-state index contributed by atoms with van der Waals surface area (Å²) in [6.07, 6.45) is 2.60. The molecule has 1 saturated heterocycles. The molecule has 0 bridgehead atoms. The van der Waals surface area contributed by atoms with Crippen molar-refractivity contribution in [1.82, 2.24) is 10.2 Å². The summed E-state index contributed by atoms with van der Waals surface area (Å²) in [5.74, 6) is 0. The van der Waals surface area contributed by atoms with Gasteiger partial charge in [0, 0.05) is 31.7 Å². The van der Waals surface area contributed by atoms with Crippen LogP contribution in [0.2, 0.25) is 0 Å². The van der Waals surface area contributed by atoms with Gasteiger partial charge in [-0.15, -0.1) is 0 Å². The third-order valence-corrected chi connectivity index (χ3v) is 4.05. The Bertz CT molecular complexity index is 385. The van der Waals surface area contributed by atoms with Gasteiger partial charge in [0.05, 0.1) is 0 Å². The van der Waals surface area contributed by atoms with Gasteiger partial charge >= 0.3 is 0 Å². The van der Waals surface area contributed by atoms with Gasteiger partial charge in [0.2, 0.25) is 0 Å². The number of benzene rings is 1. The van der Waals surface area contributed by atoms with Crippen LogP contribution >= 0.6 is 0 Å². The molecule has 0 aromatic heterocycles. The van der Waals surface area contributed by atoms with Crippen LogP contribution in [0, 0.1) is 0 Å². The molecule has 2 atom stereocenters. The molecule has 2 heterocycles. The third kappa shape index (κ3) is 2.23. The number of hydrogen-bond donors (Lipinski definition) is 2. The Kier molecular flexibility index (Phi) is 3.14. The second-order valence-electron chi connectivity index (χ2n) is 5.23. The van der Waals surface area contributed by atoms with Gasteiger partial charge in [-0.05, 0) is 30.5 Å². The first kappa shape index (κ1) is 11.2. The molecular formula is C14H21N3. The normalized spacial score (nSPS) is 29.9. The SMILES string of the molecule is NC1CN(C2CCCNC2)Cc2ccccc21. The average molecular weight is 231 g/mol. The van der Waals surface area contributed by atoms with E-state index < -0.39 is 0 Å². The lowest BCUT2D eigenvalue weighted by Gasteiger charge is -2.40. The first-order valence-corrected chi connectivity index (χ1v) is 6.63. The van der Waals surface area contributed by atoms with Crippen LogP contribution in [-0.4, -0.2) is 30.6 Å². The minimum Gasteiger partial charge on any atom is -0.323 e. The van der Waals surface area contributed by atoms with Crippen molar-refractivity contribution in [3.63, 3.8) is 0 Å². The van der Waals surface area contributed by atoms with E-state index in [2.05, 4.69) is 34.5 Å². The van der Waals surface area contributed by atoms with E-state index in [-0.39, 0.29) is 6.04 Å². The standard InChI is InChI=1S/C14H21N3/c15-14-10-17(12-5-3-7-16-8-12)9-11-4-1-2-6-13(11)14/h1-2,4,6,12,14,16H,3,5,7-10,15H2. The maximum atomic E-state index is 6.28. The van der Waals surface area contributed by atoms with E-state index in [0.29, 0.717) is 6.04 Å². The highest BCUT2D eigenvalue weighted by Crippen LogP contribution is 2.27. The molecule has 0 aliphatic carbocycles. The van der Waals surface area contributed by atoms with E-state index in [4.69, 9.17) is 5.73 Å². The Morgan fingerprint density at radius 2 is 2.18 bits per heavy atom. The van der Waals surface area contributed by atoms with Gasteiger partial charge in [-0.2, -0.15) is 0 Å². The van der Waals surface area contributed by atoms with Gasteiger partial charge in [-0.25, -0.2) is 0 Å². The summed E-state index contributed by atoms with van der Waals surface area (Å²) in [6.45, 7) is 4.36. The van der Waals surface area contributed by atoms with Crippen molar-refractivity contribution in [3.05, 3.63) is 35.4 Å². The minimum absolute atomic E-state index is 0.182. The summed E-state index contributed by atoms with van der Waals surface area (Å²) in [4.78, 5) is 2.55. The molecule has 0 spiro atoms. The molecule has 0 amide bonds. The van der Waals surface area contributed by atoms with Crippen LogP contribution in [0.25, 0.3) is 0 Å². The van der Waals surface area contributed by atoms with E-state index in [0.717, 1.165) is 19.6 Å². The van der Waals surface area contributed by atoms with Crippen molar-refractivity contribution in [2.24, 2.45) is 5.73 Å². The molecular weight excluding hydrogens is 210 g/mol. The number of fused-ring (bicyclic) bond motifs is 1. The molecule has 3 rings (SSSR count). The van der Waals surface area contributed by atoms with Crippen molar-refractivity contribution in [2.75, 3.05) is 19.6 Å². The van der Waals surface area contributed by atoms with Gasteiger partial charge in [-0.1, -0.05) is 24.3 Å². The molecule has 92 valence electrons. The van der Waals surface area contributed by atoms with Gasteiger partial charge in [0.1, 0.15) is 0 Å². The van der Waals surface area contributed by atoms with Crippen LogP contribution in [-0.2, 0) is 6.54 Å². The third-order valence-electron chi connectivity index (χ3n) is 4.05. The summed E-state index contributed by atoms with van der Waals surface area (Å²) in [7, 11) is 0. The maximum absolute atomic E-state index is 6.28. The predicted octanol–water partition coefficient (Wildman–Crippen LogP) is 1.25. The van der Waals surface area contributed by atoms with Crippen molar-refractivity contribution in [3.8, 4) is 0 Å². The molecule has 0 saturated carbocycles. The van der Waals surface area contributed by atoms with Crippen molar-refractivity contribution in [1.29, 1.82) is 0 Å². The Morgan fingerprint density at radius 3 is 3.00 bits per heavy atom. The molecule has 2 aliphatic rings. The highest BCUT2D eigenvalue weighted by atomic mass is 15.2. The fraction of sp³-hybridized carbons (Fsp3) is 0.571. The number of rotatable bonds is 1. The summed E-state index contributed by atoms with van der Waals surface area (Å²) >= 11 is 0. The smallest absolute Gasteiger partial charge is 0.0427 e. The zero-order chi connectivity index (χ0) is 11.7. The van der Waals surface area contributed by atoms with Crippen LogP contribution in [0.5, 0.6) is 0 Å². The molecule has 3 nitrogen and oxygen atoms in total. The second kappa shape index (κ2) is 4.77. The molecule has 2 aliphatic heterocycles. The van der Waals surface area contributed by atoms with Crippen molar-refractivity contribution >= 4 is 0 Å². The number of piperidine rings is 1. The molecule has 3 N–H and O–H groups in total. The fourth-order valence-electron chi connectivity index (χ4n) is 3.10. The van der Waals surface area contributed by atoms with Crippen LogP contribution in [0.1, 0.15) is 30.0 Å². The lowest BCUT2D eigenvalue weighted by Crippen LogP contribution is -2.49. The van der Waals surface area contributed by atoms with Crippen LogP contribution in [0.4, 0.5) is 0 Å². The maximum Gasteiger partial charge on any atom is 0.0427 e. The Morgan fingerprint density at radius 1 is 1.29 bits per heavy atom. The predicted molar refractivity (Wildman–Crippen MR) is 69.7 cm³/mol. The first-order valence-electron chi connectivity index (χ1n) is 6.63. The Balaban J connectivity index is 1.78. The molecule has 17 heavy (non-hydrogen) atoms. The van der Waals surface area contributed by atoms with E-state index in [1.54, 1.807) is 0 Å². The molecule has 1 aromatic rings. The average Bonchev–Trinajstić information content (AvgIpc) is 2.40. The second-order valence-corrected chi connectivity index (χ2v) is 5.23. The highest BCUT2D eigenvalue weighted by molar-refractivity contribution is 5.32. The zero-order valence-corrected chi connectivity index (χ0v) is 10.2. The molecule has 1 aromatic carbocycles. The van der Waals surface area contributed by atoms with E-state index >= 15 is 0 Å². The van der Waals surface area contributed by atoms with Gasteiger partial charge in [-0.3, -0.25) is 4.90 Å². The van der Waals surface area contributed by atoms with Crippen LogP contribution < -0.4 is 11.1 Å². The highest BCUT2D eigenvalue weighted by Gasteiger charge is 2.28. The van der Waals surface area contributed by atoms with E-state index in [1.165, 1.54) is 30.5 Å². The number of nitrogens with two attached hydrogens (primary N) is 1. The molecule has 1 fully saturated rings. The molecule has 0 radical (unpaired) electrons. The topological polar surface area (TPSA) is 41.3 Å². The summed E-state index contributed by atoms with van der Waals surface area (Å²) < 4.78 is 0. The van der Waals surface area contributed by atoms with Crippen LogP contribution in [0.3, 0.4) is 0 Å². The Hall–Kier alpha value is -0.900. The number of hydrogen-bond acceptors (Lipinski definition) is 3. The van der Waals surface area contributed by atoms with E-state index in [9.17, 15) is 0 Å². The fourth-order valence-corrected chi connectivity index (χ4v) is 3.10. The quantitative estimate of drug-likeness (QED) is 0.764. The summed E-state index contributed by atoms with van der Waals surface area (Å²) in [5.41, 5.74) is 9.04. The largest absolute Gasteiger partial charge is 0.323 e. The summed E-state index contributed by atoms with van der Waals surface area (Å²) in [6, 6.07) is 9.46. The molecule has 3 heteroatoms.